The van der Waals surface area contributed by atoms with Gasteiger partial charge in [-0.2, -0.15) is 0 Å². The summed E-state index contributed by atoms with van der Waals surface area (Å²) in [5.74, 6) is 0. The van der Waals surface area contributed by atoms with Gasteiger partial charge in [-0.15, -0.1) is 0 Å². The van der Waals surface area contributed by atoms with Crippen molar-refractivity contribution in [1.82, 2.24) is 0 Å². The molecule has 0 aliphatic carbocycles. The summed E-state index contributed by atoms with van der Waals surface area (Å²) in [5.41, 5.74) is 1.63. The lowest BCUT2D eigenvalue weighted by atomic mass is 10.2. The van der Waals surface area contributed by atoms with Crippen LogP contribution in [-0.4, -0.2) is 6.29 Å². The molecule has 0 aromatic heterocycles. The highest BCUT2D eigenvalue weighted by atomic mass is 16.1. The van der Waals surface area contributed by atoms with E-state index in [9.17, 15) is 4.79 Å². The largest absolute Gasteiger partial charge is 0.298 e. The van der Waals surface area contributed by atoms with Crippen molar-refractivity contribution in [3.63, 3.8) is 0 Å². The molecule has 0 saturated heterocycles. The molecule has 1 nitrogen and oxygen atoms in total. The monoisotopic (exact) mass is 136 g/mol. The van der Waals surface area contributed by atoms with Gasteiger partial charge in [-0.1, -0.05) is 30.4 Å². The SMILES string of the molecule is C=C(C=O)/C=C\C(C)=C/C. The molecule has 0 fully saturated rings. The van der Waals surface area contributed by atoms with Crippen molar-refractivity contribution in [2.45, 2.75) is 13.8 Å². The van der Waals surface area contributed by atoms with E-state index in [2.05, 4.69) is 6.58 Å². The maximum atomic E-state index is 10.0. The highest BCUT2D eigenvalue weighted by molar-refractivity contribution is 5.76. The lowest BCUT2D eigenvalue weighted by Gasteiger charge is -1.86. The van der Waals surface area contributed by atoms with E-state index < -0.39 is 0 Å². The summed E-state index contributed by atoms with van der Waals surface area (Å²) in [5, 5.41) is 0. The summed E-state index contributed by atoms with van der Waals surface area (Å²) in [6.07, 6.45) is 6.26. The minimum atomic E-state index is 0.501. The Morgan fingerprint density at radius 2 is 2.00 bits per heavy atom. The van der Waals surface area contributed by atoms with E-state index in [1.54, 1.807) is 6.08 Å². The number of allylic oxidation sites excluding steroid dienone is 5. The topological polar surface area (TPSA) is 17.1 Å². The van der Waals surface area contributed by atoms with Gasteiger partial charge in [0.1, 0.15) is 6.29 Å². The van der Waals surface area contributed by atoms with Crippen LogP contribution >= 0.6 is 0 Å². The zero-order valence-electron chi connectivity index (χ0n) is 6.42. The van der Waals surface area contributed by atoms with E-state index >= 15 is 0 Å². The molecule has 0 spiro atoms. The van der Waals surface area contributed by atoms with Gasteiger partial charge < -0.3 is 0 Å². The predicted molar refractivity (Wildman–Crippen MR) is 43.8 cm³/mol. The van der Waals surface area contributed by atoms with Crippen molar-refractivity contribution >= 4 is 6.29 Å². The quantitative estimate of drug-likeness (QED) is 0.330. The van der Waals surface area contributed by atoms with Gasteiger partial charge in [0.05, 0.1) is 0 Å². The number of aldehydes is 1. The maximum Gasteiger partial charge on any atom is 0.149 e. The minimum absolute atomic E-state index is 0.501. The van der Waals surface area contributed by atoms with Crippen LogP contribution < -0.4 is 0 Å². The Morgan fingerprint density at radius 3 is 2.40 bits per heavy atom. The third-order valence-corrected chi connectivity index (χ3v) is 1.17. The number of hydrogen-bond donors (Lipinski definition) is 0. The van der Waals surface area contributed by atoms with Crippen molar-refractivity contribution in [2.75, 3.05) is 0 Å². The molecule has 0 saturated carbocycles. The van der Waals surface area contributed by atoms with Gasteiger partial charge in [-0.25, -0.2) is 0 Å². The molecule has 0 N–H and O–H groups in total. The fourth-order valence-corrected chi connectivity index (χ4v) is 0.374. The van der Waals surface area contributed by atoms with Gasteiger partial charge in [0, 0.05) is 5.57 Å². The fourth-order valence-electron chi connectivity index (χ4n) is 0.374. The predicted octanol–water partition coefficient (Wildman–Crippen LogP) is 2.26. The molecule has 0 bridgehead atoms. The Kier molecular flexibility index (Phi) is 4.21. The van der Waals surface area contributed by atoms with Crippen LogP contribution in [0.15, 0.2) is 36.0 Å². The molecule has 0 aromatic carbocycles. The first-order valence-corrected chi connectivity index (χ1v) is 3.15. The molecule has 0 amide bonds. The molecule has 0 heterocycles. The zero-order valence-corrected chi connectivity index (χ0v) is 6.42. The highest BCUT2D eigenvalue weighted by Crippen LogP contribution is 1.96. The van der Waals surface area contributed by atoms with Crippen LogP contribution in [0.5, 0.6) is 0 Å². The molecular formula is C9H12O. The van der Waals surface area contributed by atoms with Gasteiger partial charge >= 0.3 is 0 Å². The van der Waals surface area contributed by atoms with E-state index in [1.165, 1.54) is 0 Å². The lowest BCUT2D eigenvalue weighted by Crippen LogP contribution is -1.74. The average molecular weight is 136 g/mol. The molecule has 0 aliphatic rings. The smallest absolute Gasteiger partial charge is 0.149 e. The first-order valence-electron chi connectivity index (χ1n) is 3.15. The standard InChI is InChI=1S/C9H12O/c1-4-8(2)5-6-9(3)7-10/h4-7H,3H2,1-2H3/b6-5-,8-4-. The number of rotatable bonds is 3. The second-order valence-corrected chi connectivity index (χ2v) is 2.06. The second kappa shape index (κ2) is 4.74. The molecular weight excluding hydrogens is 124 g/mol. The van der Waals surface area contributed by atoms with Crippen LogP contribution in [0.2, 0.25) is 0 Å². The van der Waals surface area contributed by atoms with Gasteiger partial charge in [0.15, 0.2) is 0 Å². The summed E-state index contributed by atoms with van der Waals surface area (Å²) in [4.78, 5) is 10.0. The molecule has 54 valence electrons. The van der Waals surface area contributed by atoms with Crippen molar-refractivity contribution in [3.05, 3.63) is 36.0 Å². The molecule has 0 aliphatic heterocycles. The minimum Gasteiger partial charge on any atom is -0.298 e. The lowest BCUT2D eigenvalue weighted by molar-refractivity contribution is -0.104. The van der Waals surface area contributed by atoms with Gasteiger partial charge in [-0.3, -0.25) is 4.79 Å². The average Bonchev–Trinajstić information content (AvgIpc) is 1.99. The Bertz CT molecular complexity index is 181. The molecule has 0 atom stereocenters. The zero-order chi connectivity index (χ0) is 7.98. The van der Waals surface area contributed by atoms with Crippen molar-refractivity contribution < 1.29 is 4.79 Å². The van der Waals surface area contributed by atoms with Crippen molar-refractivity contribution in [1.29, 1.82) is 0 Å². The van der Waals surface area contributed by atoms with Crippen molar-refractivity contribution in [2.24, 2.45) is 0 Å². The molecule has 10 heavy (non-hydrogen) atoms. The maximum absolute atomic E-state index is 10.0. The van der Waals surface area contributed by atoms with Crippen LogP contribution in [0.1, 0.15) is 13.8 Å². The number of carbonyl (C=O) groups excluding carboxylic acids is 1. The Morgan fingerprint density at radius 1 is 1.40 bits per heavy atom. The summed E-state index contributed by atoms with van der Waals surface area (Å²) in [6.45, 7) is 7.41. The normalized spacial score (nSPS) is 12.0. The first kappa shape index (κ1) is 8.89. The fraction of sp³-hybridized carbons (Fsp3) is 0.222. The summed E-state index contributed by atoms with van der Waals surface area (Å²) in [6, 6.07) is 0. The molecule has 1 heteroatoms. The van der Waals surface area contributed by atoms with Crippen LogP contribution in [0.4, 0.5) is 0 Å². The van der Waals surface area contributed by atoms with E-state index in [1.807, 2.05) is 26.0 Å². The Balaban J connectivity index is 4.00. The van der Waals surface area contributed by atoms with E-state index in [0.717, 1.165) is 11.9 Å². The molecule has 0 aromatic rings. The molecule has 0 rings (SSSR count). The van der Waals surface area contributed by atoms with Gasteiger partial charge in [0.2, 0.25) is 0 Å². The third kappa shape index (κ3) is 3.84. The summed E-state index contributed by atoms with van der Waals surface area (Å²) in [7, 11) is 0. The summed E-state index contributed by atoms with van der Waals surface area (Å²) >= 11 is 0. The van der Waals surface area contributed by atoms with Crippen LogP contribution in [0.3, 0.4) is 0 Å². The van der Waals surface area contributed by atoms with Crippen molar-refractivity contribution in [3.8, 4) is 0 Å². The highest BCUT2D eigenvalue weighted by Gasteiger charge is 1.80. The Hall–Kier alpha value is -1.11. The Labute approximate surface area is 61.8 Å². The van der Waals surface area contributed by atoms with Crippen LogP contribution in [0, 0.1) is 0 Å². The van der Waals surface area contributed by atoms with Crippen LogP contribution in [-0.2, 0) is 4.79 Å². The van der Waals surface area contributed by atoms with Crippen LogP contribution in [0.25, 0.3) is 0 Å². The third-order valence-electron chi connectivity index (χ3n) is 1.17. The van der Waals surface area contributed by atoms with Gasteiger partial charge in [0.25, 0.3) is 0 Å². The first-order chi connectivity index (χ1) is 4.70. The number of carbonyl (C=O) groups is 1. The van der Waals surface area contributed by atoms with E-state index in [4.69, 9.17) is 0 Å². The summed E-state index contributed by atoms with van der Waals surface area (Å²) < 4.78 is 0. The second-order valence-electron chi connectivity index (χ2n) is 2.06. The van der Waals surface area contributed by atoms with E-state index in [-0.39, 0.29) is 0 Å². The van der Waals surface area contributed by atoms with Gasteiger partial charge in [-0.05, 0) is 13.8 Å². The van der Waals surface area contributed by atoms with E-state index in [0.29, 0.717) is 5.57 Å². The molecule has 0 radical (unpaired) electrons. The number of hydrogen-bond acceptors (Lipinski definition) is 1. The molecule has 0 unspecified atom stereocenters.